The van der Waals surface area contributed by atoms with E-state index < -0.39 is 17.7 Å². The molecule has 0 saturated carbocycles. The van der Waals surface area contributed by atoms with Crippen LogP contribution in [0.1, 0.15) is 41.4 Å². The quantitative estimate of drug-likeness (QED) is 0.829. The summed E-state index contributed by atoms with van der Waals surface area (Å²) in [4.78, 5) is 16.2. The SMILES string of the molecule is Cn1cc(C(O)CNc2nccc3c2C(=O)OC3(C)C)cn1. The highest BCUT2D eigenvalue weighted by molar-refractivity contribution is 5.99. The molecule has 2 aromatic rings. The van der Waals surface area contributed by atoms with Gasteiger partial charge in [-0.15, -0.1) is 0 Å². The van der Waals surface area contributed by atoms with Gasteiger partial charge in [0.2, 0.25) is 0 Å². The molecule has 0 spiro atoms. The highest BCUT2D eigenvalue weighted by atomic mass is 16.6. The number of carbonyl (C=O) groups excluding carboxylic acids is 1. The Morgan fingerprint density at radius 1 is 1.50 bits per heavy atom. The first kappa shape index (κ1) is 14.5. The Morgan fingerprint density at radius 3 is 2.95 bits per heavy atom. The number of cyclic esters (lactones) is 1. The number of aliphatic hydroxyl groups excluding tert-OH is 1. The molecular formula is C15H18N4O3. The molecule has 0 amide bonds. The van der Waals surface area contributed by atoms with Crippen molar-refractivity contribution in [2.75, 3.05) is 11.9 Å². The van der Waals surface area contributed by atoms with Gasteiger partial charge in [-0.1, -0.05) is 0 Å². The number of ether oxygens (including phenoxy) is 1. The van der Waals surface area contributed by atoms with Crippen molar-refractivity contribution >= 4 is 11.8 Å². The minimum absolute atomic E-state index is 0.225. The maximum atomic E-state index is 12.0. The van der Waals surface area contributed by atoms with Gasteiger partial charge in [-0.05, 0) is 19.9 Å². The van der Waals surface area contributed by atoms with E-state index in [4.69, 9.17) is 4.74 Å². The minimum Gasteiger partial charge on any atom is -0.451 e. The Morgan fingerprint density at radius 2 is 2.27 bits per heavy atom. The minimum atomic E-state index is -0.739. The molecule has 0 aliphatic carbocycles. The van der Waals surface area contributed by atoms with Crippen LogP contribution in [-0.4, -0.2) is 32.4 Å². The van der Waals surface area contributed by atoms with E-state index in [-0.39, 0.29) is 6.54 Å². The van der Waals surface area contributed by atoms with Gasteiger partial charge in [-0.25, -0.2) is 9.78 Å². The third-order valence-corrected chi connectivity index (χ3v) is 3.72. The summed E-state index contributed by atoms with van der Waals surface area (Å²) in [6, 6.07) is 1.78. The standard InChI is InChI=1S/C15H18N4O3/c1-15(2)10-4-5-16-13(12(10)14(21)22-15)17-7-11(20)9-6-18-19(3)8-9/h4-6,8,11,20H,7H2,1-3H3,(H,16,17). The van der Waals surface area contributed by atoms with Crippen LogP contribution < -0.4 is 5.32 Å². The first-order chi connectivity index (χ1) is 10.4. The second-order valence-electron chi connectivity index (χ2n) is 5.83. The number of aliphatic hydroxyl groups is 1. The predicted molar refractivity (Wildman–Crippen MR) is 79.3 cm³/mol. The first-order valence-corrected chi connectivity index (χ1v) is 7.02. The molecule has 0 saturated heterocycles. The molecule has 2 aromatic heterocycles. The number of carbonyl (C=O) groups is 1. The third kappa shape index (κ3) is 2.43. The van der Waals surface area contributed by atoms with Gasteiger partial charge in [0.15, 0.2) is 0 Å². The van der Waals surface area contributed by atoms with Crippen LogP contribution in [0, 0.1) is 0 Å². The zero-order valence-corrected chi connectivity index (χ0v) is 12.7. The molecule has 2 N–H and O–H groups in total. The summed E-state index contributed by atoms with van der Waals surface area (Å²) in [5, 5.41) is 17.2. The summed E-state index contributed by atoms with van der Waals surface area (Å²) in [5.41, 5.74) is 1.27. The Kier molecular flexibility index (Phi) is 3.37. The van der Waals surface area contributed by atoms with Crippen LogP contribution in [0.3, 0.4) is 0 Å². The number of pyridine rings is 1. The number of esters is 1. The van der Waals surface area contributed by atoms with Crippen LogP contribution in [0.5, 0.6) is 0 Å². The lowest BCUT2D eigenvalue weighted by Gasteiger charge is -2.17. The molecule has 0 fully saturated rings. The van der Waals surface area contributed by atoms with Crippen LogP contribution in [0.4, 0.5) is 5.82 Å². The van der Waals surface area contributed by atoms with Crippen LogP contribution in [0.25, 0.3) is 0 Å². The second kappa shape index (κ2) is 5.10. The van der Waals surface area contributed by atoms with Gasteiger partial charge in [-0.2, -0.15) is 5.10 Å². The lowest BCUT2D eigenvalue weighted by molar-refractivity contribution is 0.00957. The van der Waals surface area contributed by atoms with E-state index in [0.717, 1.165) is 5.56 Å². The van der Waals surface area contributed by atoms with E-state index in [1.54, 1.807) is 36.4 Å². The Hall–Kier alpha value is -2.41. The van der Waals surface area contributed by atoms with E-state index in [9.17, 15) is 9.90 Å². The fourth-order valence-electron chi connectivity index (χ4n) is 2.57. The highest BCUT2D eigenvalue weighted by Crippen LogP contribution is 2.38. The molecule has 1 unspecified atom stereocenters. The second-order valence-corrected chi connectivity index (χ2v) is 5.83. The number of anilines is 1. The molecule has 0 bridgehead atoms. The van der Waals surface area contributed by atoms with E-state index in [2.05, 4.69) is 15.4 Å². The summed E-state index contributed by atoms with van der Waals surface area (Å²) in [6.07, 6.45) is 4.23. The topological polar surface area (TPSA) is 89.3 Å². The first-order valence-electron chi connectivity index (χ1n) is 7.02. The van der Waals surface area contributed by atoms with E-state index in [0.29, 0.717) is 16.9 Å². The molecule has 7 nitrogen and oxygen atoms in total. The van der Waals surface area contributed by atoms with Gasteiger partial charge in [0, 0.05) is 37.1 Å². The number of rotatable bonds is 4. The molecular weight excluding hydrogens is 284 g/mol. The van der Waals surface area contributed by atoms with Crippen LogP contribution in [0.15, 0.2) is 24.7 Å². The van der Waals surface area contributed by atoms with Crippen molar-refractivity contribution in [1.29, 1.82) is 0 Å². The van der Waals surface area contributed by atoms with E-state index in [1.165, 1.54) is 0 Å². The summed E-state index contributed by atoms with van der Waals surface area (Å²) in [7, 11) is 1.79. The average molecular weight is 302 g/mol. The van der Waals surface area contributed by atoms with E-state index >= 15 is 0 Å². The molecule has 3 rings (SSSR count). The molecule has 7 heteroatoms. The maximum Gasteiger partial charge on any atom is 0.343 e. The number of fused-ring (bicyclic) bond motifs is 1. The fourth-order valence-corrected chi connectivity index (χ4v) is 2.57. The molecule has 1 aliphatic rings. The molecule has 0 radical (unpaired) electrons. The zero-order chi connectivity index (χ0) is 15.9. The van der Waals surface area contributed by atoms with Crippen molar-refractivity contribution in [3.63, 3.8) is 0 Å². The predicted octanol–water partition coefficient (Wildman–Crippen LogP) is 1.37. The Bertz CT molecular complexity index is 723. The zero-order valence-electron chi connectivity index (χ0n) is 12.7. The normalized spacial score (nSPS) is 17.0. The van der Waals surface area contributed by atoms with Crippen molar-refractivity contribution in [3.05, 3.63) is 41.3 Å². The number of hydrogen-bond acceptors (Lipinski definition) is 6. The number of nitrogens with zero attached hydrogens (tertiary/aromatic N) is 3. The fraction of sp³-hybridized carbons (Fsp3) is 0.400. The molecule has 1 atom stereocenters. The summed E-state index contributed by atoms with van der Waals surface area (Å²) < 4.78 is 6.98. The maximum absolute atomic E-state index is 12.0. The Labute approximate surface area is 127 Å². The number of aromatic nitrogens is 3. The van der Waals surface area contributed by atoms with E-state index in [1.807, 2.05) is 13.8 Å². The summed E-state index contributed by atoms with van der Waals surface area (Å²) >= 11 is 0. The van der Waals surface area contributed by atoms with Gasteiger partial charge in [-0.3, -0.25) is 4.68 Å². The monoisotopic (exact) mass is 302 g/mol. The van der Waals surface area contributed by atoms with Crippen molar-refractivity contribution < 1.29 is 14.6 Å². The lowest BCUT2D eigenvalue weighted by Crippen LogP contribution is -2.16. The lowest BCUT2D eigenvalue weighted by atomic mass is 9.97. The summed E-state index contributed by atoms with van der Waals surface area (Å²) in [5.74, 6) is 0.0301. The van der Waals surface area contributed by atoms with Crippen molar-refractivity contribution in [1.82, 2.24) is 14.8 Å². The molecule has 22 heavy (non-hydrogen) atoms. The van der Waals surface area contributed by atoms with Crippen molar-refractivity contribution in [2.45, 2.75) is 25.6 Å². The van der Waals surface area contributed by atoms with Gasteiger partial charge in [0.1, 0.15) is 17.0 Å². The van der Waals surface area contributed by atoms with Crippen molar-refractivity contribution in [3.8, 4) is 0 Å². The largest absolute Gasteiger partial charge is 0.451 e. The summed E-state index contributed by atoms with van der Waals surface area (Å²) in [6.45, 7) is 3.90. The van der Waals surface area contributed by atoms with Gasteiger partial charge < -0.3 is 15.2 Å². The molecule has 3 heterocycles. The third-order valence-electron chi connectivity index (χ3n) is 3.72. The number of aryl methyl sites for hydroxylation is 1. The number of hydrogen-bond donors (Lipinski definition) is 2. The smallest absolute Gasteiger partial charge is 0.343 e. The van der Waals surface area contributed by atoms with Gasteiger partial charge in [0.05, 0.1) is 12.3 Å². The van der Waals surface area contributed by atoms with Crippen molar-refractivity contribution in [2.24, 2.45) is 7.05 Å². The van der Waals surface area contributed by atoms with Gasteiger partial charge >= 0.3 is 5.97 Å². The number of nitrogens with one attached hydrogen (secondary N) is 1. The van der Waals surface area contributed by atoms with Crippen LogP contribution >= 0.6 is 0 Å². The van der Waals surface area contributed by atoms with Gasteiger partial charge in [0.25, 0.3) is 0 Å². The highest BCUT2D eigenvalue weighted by Gasteiger charge is 2.40. The molecule has 116 valence electrons. The van der Waals surface area contributed by atoms with Crippen LogP contribution in [-0.2, 0) is 17.4 Å². The average Bonchev–Trinajstić information content (AvgIpc) is 2.99. The van der Waals surface area contributed by atoms with Crippen LogP contribution in [0.2, 0.25) is 0 Å². The molecule has 0 aromatic carbocycles. The molecule has 1 aliphatic heterocycles. The Balaban J connectivity index is 1.80.